The quantitative estimate of drug-likeness (QED) is 0.813. The van der Waals surface area contributed by atoms with Gasteiger partial charge in [-0.15, -0.1) is 0 Å². The monoisotopic (exact) mass is 364 g/mol. The Morgan fingerprint density at radius 2 is 1.67 bits per heavy atom. The molecule has 2 aromatic carbocycles. The first-order valence-electron chi connectivity index (χ1n) is 9.97. The molecule has 4 rings (SSSR count). The highest BCUT2D eigenvalue weighted by Crippen LogP contribution is 2.37. The average molecular weight is 364 g/mol. The van der Waals surface area contributed by atoms with E-state index in [1.807, 2.05) is 6.07 Å². The van der Waals surface area contributed by atoms with Crippen molar-refractivity contribution in [2.45, 2.75) is 31.8 Å². The third kappa shape index (κ3) is 3.78. The van der Waals surface area contributed by atoms with E-state index in [9.17, 15) is 4.79 Å². The Kier molecular flexibility index (Phi) is 5.55. The Labute approximate surface area is 161 Å². The number of ether oxygens (including phenoxy) is 1. The van der Waals surface area contributed by atoms with Gasteiger partial charge in [0.1, 0.15) is 5.78 Å². The Hall–Kier alpha value is -2.17. The van der Waals surface area contributed by atoms with Crippen molar-refractivity contribution in [2.24, 2.45) is 0 Å². The number of carbonyl (C=O) groups excluding carboxylic acids is 1. The minimum atomic E-state index is -0.164. The largest absolute Gasteiger partial charge is 0.379 e. The smallest absolute Gasteiger partial charge is 0.149 e. The number of hydrogen-bond donors (Lipinski definition) is 0. The number of anilines is 1. The van der Waals surface area contributed by atoms with Crippen molar-refractivity contribution in [1.29, 1.82) is 0 Å². The number of hydrogen-bond acceptors (Lipinski definition) is 4. The molecular weight excluding hydrogens is 336 g/mol. The van der Waals surface area contributed by atoms with E-state index < -0.39 is 0 Å². The summed E-state index contributed by atoms with van der Waals surface area (Å²) >= 11 is 0. The minimum absolute atomic E-state index is 0.0169. The molecule has 2 aromatic rings. The Balaban J connectivity index is 1.79. The summed E-state index contributed by atoms with van der Waals surface area (Å²) in [5.74, 6) is 0.230. The van der Waals surface area contributed by atoms with Crippen LogP contribution in [0, 0.1) is 0 Å². The molecule has 0 N–H and O–H groups in total. The standard InChI is InChI=1S/C23H28N2O2/c1-18(26)22(24-14-16-27-17-15-24)23(20-9-3-2-4-10-20)25-13-7-11-19-8-5-6-12-21(19)25/h2-6,8-10,12,22-23H,7,11,13-17H2,1H3/t22-,23+/m0/s1. The highest BCUT2D eigenvalue weighted by Gasteiger charge is 2.38. The van der Waals surface area contributed by atoms with Gasteiger partial charge in [-0.25, -0.2) is 0 Å². The molecule has 0 aliphatic carbocycles. The molecule has 1 fully saturated rings. The lowest BCUT2D eigenvalue weighted by Crippen LogP contribution is -2.54. The molecule has 0 bridgehead atoms. The molecule has 142 valence electrons. The molecule has 2 atom stereocenters. The summed E-state index contributed by atoms with van der Waals surface area (Å²) in [7, 11) is 0. The van der Waals surface area contributed by atoms with E-state index in [0.717, 1.165) is 32.5 Å². The first-order chi connectivity index (χ1) is 13.3. The van der Waals surface area contributed by atoms with Gasteiger partial charge >= 0.3 is 0 Å². The summed E-state index contributed by atoms with van der Waals surface area (Å²) in [4.78, 5) is 17.7. The Morgan fingerprint density at radius 1 is 0.963 bits per heavy atom. The molecule has 4 heteroatoms. The number of aryl methyl sites for hydroxylation is 1. The molecule has 2 aliphatic heterocycles. The molecule has 4 nitrogen and oxygen atoms in total. The van der Waals surface area contributed by atoms with Crippen LogP contribution < -0.4 is 4.90 Å². The average Bonchev–Trinajstić information content (AvgIpc) is 2.72. The second-order valence-corrected chi connectivity index (χ2v) is 7.49. The first kappa shape index (κ1) is 18.2. The van der Waals surface area contributed by atoms with E-state index in [0.29, 0.717) is 13.2 Å². The Morgan fingerprint density at radius 3 is 2.41 bits per heavy atom. The molecule has 1 saturated heterocycles. The van der Waals surface area contributed by atoms with Crippen LogP contribution in [0.15, 0.2) is 54.6 Å². The summed E-state index contributed by atoms with van der Waals surface area (Å²) in [5, 5.41) is 0. The molecule has 0 radical (unpaired) electrons. The van der Waals surface area contributed by atoms with Crippen LogP contribution in [0.1, 0.15) is 30.5 Å². The zero-order valence-corrected chi connectivity index (χ0v) is 16.0. The molecule has 0 unspecified atom stereocenters. The van der Waals surface area contributed by atoms with Crippen LogP contribution in [0.5, 0.6) is 0 Å². The van der Waals surface area contributed by atoms with Gasteiger partial charge in [0.05, 0.1) is 25.3 Å². The van der Waals surface area contributed by atoms with E-state index in [1.165, 1.54) is 16.8 Å². The van der Waals surface area contributed by atoms with Crippen LogP contribution in [0.25, 0.3) is 0 Å². The van der Waals surface area contributed by atoms with E-state index >= 15 is 0 Å². The maximum absolute atomic E-state index is 12.9. The van der Waals surface area contributed by atoms with Gasteiger partial charge in [-0.2, -0.15) is 0 Å². The molecule has 27 heavy (non-hydrogen) atoms. The molecule has 0 amide bonds. The summed E-state index contributed by atoms with van der Waals surface area (Å²) in [6.45, 7) is 5.73. The number of ketones is 1. The molecule has 2 heterocycles. The lowest BCUT2D eigenvalue weighted by molar-refractivity contribution is -0.125. The molecule has 0 saturated carbocycles. The number of nitrogens with zero attached hydrogens (tertiary/aromatic N) is 2. The van der Waals surface area contributed by atoms with Crippen LogP contribution in [-0.4, -0.2) is 49.6 Å². The van der Waals surface area contributed by atoms with Crippen molar-refractivity contribution < 1.29 is 9.53 Å². The van der Waals surface area contributed by atoms with Crippen molar-refractivity contribution >= 4 is 11.5 Å². The second-order valence-electron chi connectivity index (χ2n) is 7.49. The van der Waals surface area contributed by atoms with E-state index in [4.69, 9.17) is 4.74 Å². The predicted octanol–water partition coefficient (Wildman–Crippen LogP) is 3.47. The number of para-hydroxylation sites is 1. The fourth-order valence-electron chi connectivity index (χ4n) is 4.57. The zero-order chi connectivity index (χ0) is 18.6. The third-order valence-electron chi connectivity index (χ3n) is 5.78. The Bertz CT molecular complexity index is 771. The number of morpholine rings is 1. The van der Waals surface area contributed by atoms with Crippen LogP contribution in [0.4, 0.5) is 5.69 Å². The predicted molar refractivity (Wildman–Crippen MR) is 108 cm³/mol. The summed E-state index contributed by atoms with van der Waals surface area (Å²) in [6, 6.07) is 19.0. The number of Topliss-reactive ketones (excluding diaryl/α,β-unsaturated/α-hetero) is 1. The van der Waals surface area contributed by atoms with Gasteiger partial charge in [0, 0.05) is 25.3 Å². The van der Waals surface area contributed by atoms with Gasteiger partial charge in [0.2, 0.25) is 0 Å². The highest BCUT2D eigenvalue weighted by molar-refractivity contribution is 5.83. The third-order valence-corrected chi connectivity index (χ3v) is 5.78. The first-order valence-corrected chi connectivity index (χ1v) is 9.97. The van der Waals surface area contributed by atoms with Crippen molar-refractivity contribution in [3.8, 4) is 0 Å². The second kappa shape index (κ2) is 8.24. The summed E-state index contributed by atoms with van der Waals surface area (Å²) in [6.07, 6.45) is 2.23. The number of rotatable bonds is 5. The van der Waals surface area contributed by atoms with Gasteiger partial charge in [0.25, 0.3) is 0 Å². The van der Waals surface area contributed by atoms with Crippen molar-refractivity contribution in [2.75, 3.05) is 37.7 Å². The summed E-state index contributed by atoms with van der Waals surface area (Å²) < 4.78 is 5.55. The molecule has 0 spiro atoms. The van der Waals surface area contributed by atoms with Crippen LogP contribution in [0.2, 0.25) is 0 Å². The van der Waals surface area contributed by atoms with Crippen LogP contribution in [-0.2, 0) is 16.0 Å². The normalized spacial score (nSPS) is 20.0. The van der Waals surface area contributed by atoms with Crippen LogP contribution in [0.3, 0.4) is 0 Å². The van der Waals surface area contributed by atoms with Crippen LogP contribution >= 0.6 is 0 Å². The maximum atomic E-state index is 12.9. The SMILES string of the molecule is CC(=O)[C@@H]([C@@H](c1ccccc1)N1CCCc2ccccc21)N1CCOCC1. The zero-order valence-electron chi connectivity index (χ0n) is 16.0. The van der Waals surface area contributed by atoms with E-state index in [2.05, 4.69) is 58.3 Å². The maximum Gasteiger partial charge on any atom is 0.149 e. The van der Waals surface area contributed by atoms with E-state index in [1.54, 1.807) is 6.92 Å². The fourth-order valence-corrected chi connectivity index (χ4v) is 4.57. The topological polar surface area (TPSA) is 32.8 Å². The fraction of sp³-hybridized carbons (Fsp3) is 0.435. The lowest BCUT2D eigenvalue weighted by Gasteiger charge is -2.45. The number of carbonyl (C=O) groups is 1. The number of fused-ring (bicyclic) bond motifs is 1. The molecular formula is C23H28N2O2. The van der Waals surface area contributed by atoms with E-state index in [-0.39, 0.29) is 17.9 Å². The van der Waals surface area contributed by atoms with Gasteiger partial charge in [0.15, 0.2) is 0 Å². The number of benzene rings is 2. The van der Waals surface area contributed by atoms with Crippen molar-refractivity contribution in [3.63, 3.8) is 0 Å². The molecule has 0 aromatic heterocycles. The lowest BCUT2D eigenvalue weighted by atomic mass is 9.90. The van der Waals surface area contributed by atoms with Gasteiger partial charge in [-0.1, -0.05) is 48.5 Å². The highest BCUT2D eigenvalue weighted by atomic mass is 16.5. The summed E-state index contributed by atoms with van der Waals surface area (Å²) in [5.41, 5.74) is 3.87. The van der Waals surface area contributed by atoms with Crippen molar-refractivity contribution in [1.82, 2.24) is 4.90 Å². The van der Waals surface area contributed by atoms with Crippen molar-refractivity contribution in [3.05, 3.63) is 65.7 Å². The molecule has 2 aliphatic rings. The van der Waals surface area contributed by atoms with Gasteiger partial charge in [-0.05, 0) is 37.0 Å². The van der Waals surface area contributed by atoms with Gasteiger partial charge < -0.3 is 9.64 Å². The minimum Gasteiger partial charge on any atom is -0.379 e. The van der Waals surface area contributed by atoms with Gasteiger partial charge in [-0.3, -0.25) is 9.69 Å².